The molecule has 0 fully saturated rings. The Morgan fingerprint density at radius 2 is 2.04 bits per heavy atom. The summed E-state index contributed by atoms with van der Waals surface area (Å²) in [6.45, 7) is 1.65. The third-order valence-electron chi connectivity index (χ3n) is 3.60. The van der Waals surface area contributed by atoms with Gasteiger partial charge in [0.05, 0.1) is 30.7 Å². The zero-order valence-corrected chi connectivity index (χ0v) is 14.8. The van der Waals surface area contributed by atoms with Crippen LogP contribution in [0, 0.1) is 12.7 Å². The Morgan fingerprint density at radius 1 is 1.28 bits per heavy atom. The monoisotopic (exact) mass is 366 g/mol. The molecular weight excluding hydrogens is 347 g/mol. The summed E-state index contributed by atoms with van der Waals surface area (Å²) in [7, 11) is -2.24. The number of ether oxygens (including phenoxy) is 1. The minimum absolute atomic E-state index is 0.0201. The number of sulfonamides is 1. The van der Waals surface area contributed by atoms with E-state index in [2.05, 4.69) is 14.4 Å². The van der Waals surface area contributed by atoms with Gasteiger partial charge in [-0.25, -0.2) is 22.3 Å². The van der Waals surface area contributed by atoms with Gasteiger partial charge in [0.2, 0.25) is 10.0 Å². The van der Waals surface area contributed by atoms with Gasteiger partial charge in [-0.15, -0.1) is 0 Å². The number of pyridine rings is 1. The second-order valence-corrected chi connectivity index (χ2v) is 7.43. The number of aryl methyl sites for hydroxylation is 2. The minimum Gasteiger partial charge on any atom is -0.465 e. The highest BCUT2D eigenvalue weighted by Gasteiger charge is 2.12. The third-order valence-corrected chi connectivity index (χ3v) is 4.93. The zero-order valence-electron chi connectivity index (χ0n) is 14.0. The number of carbonyl (C=O) groups excluding carboxylic acids is 1. The van der Waals surface area contributed by atoms with Crippen LogP contribution >= 0.6 is 0 Å². The van der Waals surface area contributed by atoms with E-state index in [1.54, 1.807) is 25.1 Å². The molecule has 2 rings (SSSR count). The molecule has 0 atom stereocenters. The highest BCUT2D eigenvalue weighted by molar-refractivity contribution is 7.89. The molecule has 0 radical (unpaired) electrons. The molecule has 134 valence electrons. The maximum atomic E-state index is 13.2. The van der Waals surface area contributed by atoms with Crippen LogP contribution in [0.3, 0.4) is 0 Å². The van der Waals surface area contributed by atoms with E-state index >= 15 is 0 Å². The van der Waals surface area contributed by atoms with Gasteiger partial charge in [-0.3, -0.25) is 4.98 Å². The fourth-order valence-corrected chi connectivity index (χ4v) is 3.15. The average molecular weight is 366 g/mol. The maximum Gasteiger partial charge on any atom is 0.339 e. The summed E-state index contributed by atoms with van der Waals surface area (Å²) in [5.41, 5.74) is 2.01. The Hall–Kier alpha value is -2.32. The molecule has 1 aromatic carbocycles. The Kier molecular flexibility index (Phi) is 6.22. The van der Waals surface area contributed by atoms with Crippen molar-refractivity contribution in [1.82, 2.24) is 9.71 Å². The molecule has 1 aromatic heterocycles. The van der Waals surface area contributed by atoms with Gasteiger partial charge < -0.3 is 4.74 Å². The number of hydrogen-bond acceptors (Lipinski definition) is 5. The van der Waals surface area contributed by atoms with E-state index < -0.39 is 16.0 Å². The van der Waals surface area contributed by atoms with Crippen LogP contribution in [0.4, 0.5) is 4.39 Å². The Bertz CT molecular complexity index is 851. The molecule has 0 unspecified atom stereocenters. The fraction of sp³-hybridized carbons (Fsp3) is 0.294. The van der Waals surface area contributed by atoms with Crippen LogP contribution in [-0.4, -0.2) is 32.2 Å². The number of nitrogens with one attached hydrogen (secondary N) is 1. The second kappa shape index (κ2) is 8.17. The first-order chi connectivity index (χ1) is 11.8. The van der Waals surface area contributed by atoms with Crippen molar-refractivity contribution >= 4 is 16.0 Å². The van der Waals surface area contributed by atoms with Crippen LogP contribution < -0.4 is 4.72 Å². The van der Waals surface area contributed by atoms with E-state index in [9.17, 15) is 17.6 Å². The van der Waals surface area contributed by atoms with E-state index in [0.717, 1.165) is 5.56 Å². The molecule has 0 spiro atoms. The standard InChI is InChI=1S/C17H19FN2O4S/c1-12-9-13(3-6-16(12)18)7-8-25(22,23)20-11-15-5-4-14(10-19-15)17(21)24-2/h3-6,9-10,20H,7-8,11H2,1-2H3. The molecule has 0 aliphatic carbocycles. The number of rotatable bonds is 7. The van der Waals surface area contributed by atoms with Crippen LogP contribution in [0.25, 0.3) is 0 Å². The first-order valence-electron chi connectivity index (χ1n) is 7.56. The van der Waals surface area contributed by atoms with E-state index in [0.29, 0.717) is 16.8 Å². The number of aromatic nitrogens is 1. The molecular formula is C17H19FN2O4S. The van der Waals surface area contributed by atoms with Crippen LogP contribution in [0.5, 0.6) is 0 Å². The zero-order chi connectivity index (χ0) is 18.4. The van der Waals surface area contributed by atoms with Crippen molar-refractivity contribution < 1.29 is 22.3 Å². The van der Waals surface area contributed by atoms with Crippen molar-refractivity contribution in [3.8, 4) is 0 Å². The van der Waals surface area contributed by atoms with Gasteiger partial charge in [-0.1, -0.05) is 12.1 Å². The third kappa shape index (κ3) is 5.61. The summed E-state index contributed by atoms with van der Waals surface area (Å²) in [4.78, 5) is 15.3. The van der Waals surface area contributed by atoms with E-state index in [-0.39, 0.29) is 24.5 Å². The topological polar surface area (TPSA) is 85.4 Å². The molecule has 0 bridgehead atoms. The van der Waals surface area contributed by atoms with E-state index in [1.807, 2.05) is 0 Å². The first-order valence-corrected chi connectivity index (χ1v) is 9.21. The predicted octanol–water partition coefficient (Wildman–Crippen LogP) is 1.98. The van der Waals surface area contributed by atoms with Gasteiger partial charge in [0.25, 0.3) is 0 Å². The van der Waals surface area contributed by atoms with Crippen LogP contribution in [0.15, 0.2) is 36.5 Å². The van der Waals surface area contributed by atoms with E-state index in [4.69, 9.17) is 0 Å². The lowest BCUT2D eigenvalue weighted by Crippen LogP contribution is -2.27. The molecule has 0 saturated carbocycles. The smallest absolute Gasteiger partial charge is 0.339 e. The Morgan fingerprint density at radius 3 is 2.64 bits per heavy atom. The van der Waals surface area contributed by atoms with Crippen molar-refractivity contribution in [2.24, 2.45) is 0 Å². The number of benzene rings is 1. The summed E-state index contributed by atoms with van der Waals surface area (Å²) in [5, 5.41) is 0. The Labute approximate surface area is 146 Å². The van der Waals surface area contributed by atoms with Gasteiger partial charge in [0.15, 0.2) is 0 Å². The quantitative estimate of drug-likeness (QED) is 0.758. The van der Waals surface area contributed by atoms with Gasteiger partial charge in [0.1, 0.15) is 5.82 Å². The number of methoxy groups -OCH3 is 1. The fourth-order valence-electron chi connectivity index (χ4n) is 2.14. The highest BCUT2D eigenvalue weighted by atomic mass is 32.2. The molecule has 1 N–H and O–H groups in total. The SMILES string of the molecule is COC(=O)c1ccc(CNS(=O)(=O)CCc2ccc(F)c(C)c2)nc1. The average Bonchev–Trinajstić information content (AvgIpc) is 2.61. The van der Waals surface area contributed by atoms with Gasteiger partial charge >= 0.3 is 5.97 Å². The van der Waals surface area contributed by atoms with Crippen molar-refractivity contribution in [1.29, 1.82) is 0 Å². The van der Waals surface area contributed by atoms with Crippen molar-refractivity contribution in [3.63, 3.8) is 0 Å². The largest absolute Gasteiger partial charge is 0.465 e. The number of carbonyl (C=O) groups is 1. The second-order valence-electron chi connectivity index (χ2n) is 5.50. The predicted molar refractivity (Wildman–Crippen MR) is 91.0 cm³/mol. The lowest BCUT2D eigenvalue weighted by atomic mass is 10.1. The van der Waals surface area contributed by atoms with Crippen LogP contribution in [0.2, 0.25) is 0 Å². The molecule has 0 saturated heterocycles. The summed E-state index contributed by atoms with van der Waals surface area (Å²) >= 11 is 0. The highest BCUT2D eigenvalue weighted by Crippen LogP contribution is 2.10. The van der Waals surface area contributed by atoms with Crippen LogP contribution in [-0.2, 0) is 27.7 Å². The number of hydrogen-bond donors (Lipinski definition) is 1. The molecule has 0 aliphatic heterocycles. The summed E-state index contributed by atoms with van der Waals surface area (Å²) in [6.07, 6.45) is 1.61. The molecule has 0 aliphatic rings. The molecule has 2 aromatic rings. The lowest BCUT2D eigenvalue weighted by molar-refractivity contribution is 0.0600. The molecule has 8 heteroatoms. The van der Waals surface area contributed by atoms with Gasteiger partial charge in [-0.2, -0.15) is 0 Å². The maximum absolute atomic E-state index is 13.2. The lowest BCUT2D eigenvalue weighted by Gasteiger charge is -2.08. The molecule has 0 amide bonds. The van der Waals surface area contributed by atoms with Crippen LogP contribution in [0.1, 0.15) is 27.2 Å². The van der Waals surface area contributed by atoms with Gasteiger partial charge in [-0.05, 0) is 42.7 Å². The summed E-state index contributed by atoms with van der Waals surface area (Å²) in [6, 6.07) is 7.61. The van der Waals surface area contributed by atoms with Crippen molar-refractivity contribution in [3.05, 3.63) is 64.7 Å². The Balaban J connectivity index is 1.90. The van der Waals surface area contributed by atoms with Crippen molar-refractivity contribution in [2.45, 2.75) is 19.9 Å². The molecule has 25 heavy (non-hydrogen) atoms. The minimum atomic E-state index is -3.51. The first kappa shape index (κ1) is 19.0. The number of nitrogens with zero attached hydrogens (tertiary/aromatic N) is 1. The number of halogens is 1. The van der Waals surface area contributed by atoms with Crippen molar-refractivity contribution in [2.75, 3.05) is 12.9 Å². The summed E-state index contributed by atoms with van der Waals surface area (Å²) < 4.78 is 44.4. The molecule has 6 nitrogen and oxygen atoms in total. The normalized spacial score (nSPS) is 11.3. The van der Waals surface area contributed by atoms with E-state index in [1.165, 1.54) is 25.4 Å². The number of esters is 1. The summed E-state index contributed by atoms with van der Waals surface area (Å²) in [5.74, 6) is -0.932. The van der Waals surface area contributed by atoms with Gasteiger partial charge in [0, 0.05) is 6.20 Å². The molecule has 1 heterocycles.